The van der Waals surface area contributed by atoms with Crippen LogP contribution >= 0.6 is 23.5 Å². The molecule has 1 aliphatic carbocycles. The van der Waals surface area contributed by atoms with Crippen molar-refractivity contribution < 1.29 is 18.7 Å². The smallest absolute Gasteiger partial charge is 0.261 e. The topological polar surface area (TPSA) is 54.0 Å². The van der Waals surface area contributed by atoms with Crippen molar-refractivity contribution in [1.82, 2.24) is 9.62 Å². The largest absolute Gasteiger partial charge is 0.491 e. The summed E-state index contributed by atoms with van der Waals surface area (Å²) in [6, 6.07) is 9.45. The van der Waals surface area contributed by atoms with E-state index in [4.69, 9.17) is 21.1 Å². The quantitative estimate of drug-likeness (QED) is 0.231. The first kappa shape index (κ1) is 35.6. The lowest BCUT2D eigenvalue weighted by Crippen LogP contribution is -2.46. The van der Waals surface area contributed by atoms with Gasteiger partial charge in [-0.05, 0) is 129 Å². The number of nitrogens with zero attached hydrogens (tertiary/aromatic N) is 2. The number of hydrogen-bond acceptors (Lipinski definition) is 6. The Kier molecular flexibility index (Phi) is 12.0. The van der Waals surface area contributed by atoms with Gasteiger partial charge < -0.3 is 19.3 Å². The van der Waals surface area contributed by atoms with Gasteiger partial charge in [-0.25, -0.2) is 4.39 Å². The van der Waals surface area contributed by atoms with Crippen molar-refractivity contribution in [1.29, 1.82) is 0 Å². The van der Waals surface area contributed by atoms with Crippen LogP contribution in [0.4, 0.5) is 10.1 Å². The predicted molar refractivity (Wildman–Crippen MR) is 196 cm³/mol. The molecule has 1 saturated heterocycles. The standard InChI is InChI=1S/C39H53ClFN3O3S/c1-5-8-33-31(14-15-34(40)37(33)41)30-23-44-22-29-11-13-32(29)38(46-20-19-43-17-6-7-18-43)26(3)10-9-25(2)27(4)48-42-39(45)28-12-16-36(47-24-30)35(44)21-28/h10,12,14-16,21,25,27,29-30,32,38H,5-9,11,13,17-20,22-24H2,1-4H3,(H,42,45)/b26-10+/t25-,27?,29-,30?,32?,38?/m0/s1. The fraction of sp³-hybridized carbons (Fsp3) is 0.615. The zero-order valence-electron chi connectivity index (χ0n) is 29.1. The van der Waals surface area contributed by atoms with E-state index in [1.165, 1.54) is 43.5 Å². The van der Waals surface area contributed by atoms with Crippen molar-refractivity contribution in [3.05, 3.63) is 69.5 Å². The highest BCUT2D eigenvalue weighted by Gasteiger charge is 2.41. The van der Waals surface area contributed by atoms with E-state index in [2.05, 4.69) is 48.3 Å². The zero-order chi connectivity index (χ0) is 33.8. The number of fused-ring (bicyclic) bond motifs is 2. The maximum atomic E-state index is 15.4. The van der Waals surface area contributed by atoms with Crippen molar-refractivity contribution in [3.63, 3.8) is 0 Å². The van der Waals surface area contributed by atoms with Gasteiger partial charge in [-0.3, -0.25) is 9.52 Å². The molecule has 2 fully saturated rings. The number of allylic oxidation sites excluding steroid dienone is 1. The van der Waals surface area contributed by atoms with Gasteiger partial charge in [0, 0.05) is 36.4 Å². The van der Waals surface area contributed by atoms with Crippen LogP contribution in [0.1, 0.15) is 93.6 Å². The van der Waals surface area contributed by atoms with Crippen LogP contribution in [0.25, 0.3) is 0 Å². The van der Waals surface area contributed by atoms with Crippen LogP contribution in [0.2, 0.25) is 5.02 Å². The predicted octanol–water partition coefficient (Wildman–Crippen LogP) is 8.67. The minimum absolute atomic E-state index is 0.0563. The number of amides is 1. The van der Waals surface area contributed by atoms with Crippen LogP contribution in [-0.4, -0.2) is 68.1 Å². The van der Waals surface area contributed by atoms with E-state index in [-0.39, 0.29) is 34.0 Å². The highest BCUT2D eigenvalue weighted by atomic mass is 35.5. The van der Waals surface area contributed by atoms with Crippen molar-refractivity contribution in [2.45, 2.75) is 89.9 Å². The molecule has 1 saturated carbocycles. The molecular formula is C39H53ClFN3O3S. The SMILES string of the molecule is CCCc1c(C2COc3ccc4cc3N(C2)C[C@@H]2CCC2C(OCCN2CCCC2)/C(C)=C/C[C@H](C)C(C)SNC4=O)ccc(Cl)c1F. The van der Waals surface area contributed by atoms with Gasteiger partial charge in [0.15, 0.2) is 0 Å². The van der Waals surface area contributed by atoms with E-state index < -0.39 is 0 Å². The summed E-state index contributed by atoms with van der Waals surface area (Å²) < 4.78 is 31.9. The minimum Gasteiger partial charge on any atom is -0.491 e. The number of nitrogens with one attached hydrogen (secondary N) is 1. The summed E-state index contributed by atoms with van der Waals surface area (Å²) in [7, 11) is 0. The molecule has 6 rings (SSSR count). The van der Waals surface area contributed by atoms with Gasteiger partial charge in [0.05, 0.1) is 30.0 Å². The van der Waals surface area contributed by atoms with Crippen molar-refractivity contribution >= 4 is 35.1 Å². The summed E-state index contributed by atoms with van der Waals surface area (Å²) in [4.78, 5) is 18.4. The van der Waals surface area contributed by atoms with Crippen molar-refractivity contribution in [3.8, 4) is 5.75 Å². The molecule has 3 aliphatic heterocycles. The number of anilines is 1. The summed E-state index contributed by atoms with van der Waals surface area (Å²) in [5.74, 6) is 1.52. The minimum atomic E-state index is -0.319. The first-order valence-electron chi connectivity index (χ1n) is 18.2. The second-order valence-corrected chi connectivity index (χ2v) is 16.1. The molecule has 4 aliphatic rings. The van der Waals surface area contributed by atoms with Crippen LogP contribution in [0.5, 0.6) is 5.75 Å². The maximum absolute atomic E-state index is 15.4. The summed E-state index contributed by atoms with van der Waals surface area (Å²) in [6.45, 7) is 14.8. The zero-order valence-corrected chi connectivity index (χ0v) is 30.7. The number of hydrogen-bond donors (Lipinski definition) is 1. The summed E-state index contributed by atoms with van der Waals surface area (Å²) >= 11 is 7.77. The lowest BCUT2D eigenvalue weighted by molar-refractivity contribution is -0.0256. The number of benzene rings is 2. The molecule has 3 heterocycles. The molecule has 6 atom stereocenters. The van der Waals surface area contributed by atoms with E-state index in [1.54, 1.807) is 6.07 Å². The Morgan fingerprint density at radius 2 is 1.94 bits per heavy atom. The molecule has 1 amide bonds. The van der Waals surface area contributed by atoms with E-state index in [9.17, 15) is 4.79 Å². The van der Waals surface area contributed by atoms with E-state index in [0.29, 0.717) is 48.5 Å². The fourth-order valence-electron chi connectivity index (χ4n) is 7.90. The van der Waals surface area contributed by atoms with Crippen LogP contribution in [0.15, 0.2) is 42.0 Å². The van der Waals surface area contributed by atoms with E-state index in [1.807, 2.05) is 24.3 Å². The molecule has 0 spiro atoms. The molecule has 4 unspecified atom stereocenters. The maximum Gasteiger partial charge on any atom is 0.261 e. The van der Waals surface area contributed by atoms with Crippen LogP contribution in [-0.2, 0) is 11.2 Å². The lowest BCUT2D eigenvalue weighted by Gasteiger charge is -2.45. The molecule has 0 aromatic heterocycles. The summed E-state index contributed by atoms with van der Waals surface area (Å²) in [5, 5.41) is 0.411. The van der Waals surface area contributed by atoms with Crippen molar-refractivity contribution in [2.75, 3.05) is 50.8 Å². The van der Waals surface area contributed by atoms with Crippen LogP contribution in [0, 0.1) is 23.6 Å². The molecule has 262 valence electrons. The normalized spacial score (nSPS) is 29.6. The van der Waals surface area contributed by atoms with Gasteiger partial charge in [0.1, 0.15) is 11.6 Å². The van der Waals surface area contributed by atoms with E-state index >= 15 is 4.39 Å². The van der Waals surface area contributed by atoms with E-state index in [0.717, 1.165) is 62.4 Å². The molecule has 6 nitrogen and oxygen atoms in total. The van der Waals surface area contributed by atoms with Gasteiger partial charge in [-0.1, -0.05) is 50.9 Å². The van der Waals surface area contributed by atoms with Crippen LogP contribution < -0.4 is 14.4 Å². The molecule has 48 heavy (non-hydrogen) atoms. The van der Waals surface area contributed by atoms with Crippen molar-refractivity contribution in [2.24, 2.45) is 17.8 Å². The molecule has 2 aromatic carbocycles. The second kappa shape index (κ2) is 16.2. The Hall–Kier alpha value is -2.26. The Labute approximate surface area is 296 Å². The summed E-state index contributed by atoms with van der Waals surface area (Å²) in [6.07, 6.45) is 9.71. The summed E-state index contributed by atoms with van der Waals surface area (Å²) in [5.41, 5.74) is 4.52. The average Bonchev–Trinajstić information content (AvgIpc) is 3.53. The Balaban J connectivity index is 1.33. The highest BCUT2D eigenvalue weighted by Crippen LogP contribution is 2.44. The first-order valence-corrected chi connectivity index (χ1v) is 19.4. The van der Waals surface area contributed by atoms with Gasteiger partial charge in [-0.2, -0.15) is 0 Å². The third-order valence-electron chi connectivity index (χ3n) is 11.2. The Morgan fingerprint density at radius 1 is 1.12 bits per heavy atom. The fourth-order valence-corrected chi connectivity index (χ4v) is 8.83. The molecule has 2 aromatic rings. The third-order valence-corrected chi connectivity index (χ3v) is 12.7. The first-order chi connectivity index (χ1) is 23.2. The lowest BCUT2D eigenvalue weighted by atomic mass is 9.68. The number of likely N-dealkylation sites (tertiary alicyclic amines) is 1. The molecule has 1 N–H and O–H groups in total. The second-order valence-electron chi connectivity index (χ2n) is 14.5. The molecule has 2 bridgehead atoms. The Morgan fingerprint density at radius 3 is 2.69 bits per heavy atom. The molecule has 0 radical (unpaired) electrons. The van der Waals surface area contributed by atoms with Crippen LogP contribution in [0.3, 0.4) is 0 Å². The highest BCUT2D eigenvalue weighted by molar-refractivity contribution is 7.98. The van der Waals surface area contributed by atoms with Gasteiger partial charge in [0.2, 0.25) is 0 Å². The van der Waals surface area contributed by atoms with Gasteiger partial charge in [-0.15, -0.1) is 0 Å². The van der Waals surface area contributed by atoms with Gasteiger partial charge >= 0.3 is 0 Å². The third kappa shape index (κ3) is 8.03. The number of carbonyl (C=O) groups is 1. The van der Waals surface area contributed by atoms with Gasteiger partial charge in [0.25, 0.3) is 5.91 Å². The number of rotatable bonds is 7. The molecule has 9 heteroatoms. The number of ether oxygens (including phenoxy) is 2. The molecular weight excluding hydrogens is 645 g/mol. The average molecular weight is 698 g/mol. The number of carbonyl (C=O) groups excluding carboxylic acids is 1. The Bertz CT molecular complexity index is 1470. The monoisotopic (exact) mass is 697 g/mol. The number of halogens is 2.